The molecule has 0 aromatic heterocycles. The van der Waals surface area contributed by atoms with E-state index >= 15 is 0 Å². The van der Waals surface area contributed by atoms with E-state index in [1.165, 1.54) is 56.4 Å². The minimum Gasteiger partial charge on any atom is -0.462 e. The van der Waals surface area contributed by atoms with Crippen molar-refractivity contribution in [2.24, 2.45) is 5.92 Å². The van der Waals surface area contributed by atoms with Crippen LogP contribution in [-0.4, -0.2) is 41.8 Å². The van der Waals surface area contributed by atoms with Gasteiger partial charge in [-0.25, -0.2) is 9.59 Å². The summed E-state index contributed by atoms with van der Waals surface area (Å²) in [6, 6.07) is 5.03. The van der Waals surface area contributed by atoms with Crippen molar-refractivity contribution in [1.82, 2.24) is 0 Å². The number of carbonyl (C=O) groups is 3. The first-order valence-electron chi connectivity index (χ1n) is 23.5. The van der Waals surface area contributed by atoms with E-state index in [1.54, 1.807) is 0 Å². The van der Waals surface area contributed by atoms with Gasteiger partial charge in [0, 0.05) is 25.0 Å². The predicted octanol–water partition coefficient (Wildman–Crippen LogP) is 14.7. The molecule has 0 fully saturated rings. The van der Waals surface area contributed by atoms with Gasteiger partial charge >= 0.3 is 18.1 Å². The summed E-state index contributed by atoms with van der Waals surface area (Å²) in [5, 5.41) is 11.1. The zero-order valence-corrected chi connectivity index (χ0v) is 37.5. The molecular formula is C49H81NO9. The van der Waals surface area contributed by atoms with E-state index in [2.05, 4.69) is 52.0 Å². The van der Waals surface area contributed by atoms with Crippen molar-refractivity contribution < 1.29 is 38.3 Å². The van der Waals surface area contributed by atoms with Crippen LogP contribution in [0.3, 0.4) is 0 Å². The Morgan fingerprint density at radius 1 is 0.644 bits per heavy atom. The molecule has 1 aromatic rings. The molecule has 59 heavy (non-hydrogen) atoms. The van der Waals surface area contributed by atoms with Crippen molar-refractivity contribution >= 4 is 23.8 Å². The van der Waals surface area contributed by atoms with E-state index in [9.17, 15) is 24.5 Å². The highest BCUT2D eigenvalue weighted by atomic mass is 16.7. The smallest absolute Gasteiger partial charge is 0.462 e. The first kappa shape index (κ1) is 53.3. The molecule has 0 heterocycles. The number of unbranched alkanes of at least 4 members (excludes halogenated alkanes) is 18. The van der Waals surface area contributed by atoms with Crippen molar-refractivity contribution in [3.05, 3.63) is 58.7 Å². The number of carbonyl (C=O) groups excluding carboxylic acids is 3. The highest BCUT2D eigenvalue weighted by Crippen LogP contribution is 2.28. The number of hydrogen-bond acceptors (Lipinski definition) is 9. The fourth-order valence-corrected chi connectivity index (χ4v) is 7.00. The van der Waals surface area contributed by atoms with Crippen molar-refractivity contribution in [2.45, 2.75) is 213 Å². The number of nitro groups is 1. The van der Waals surface area contributed by atoms with Crippen LogP contribution in [0.1, 0.15) is 207 Å². The third kappa shape index (κ3) is 27.7. The highest BCUT2D eigenvalue weighted by Gasteiger charge is 2.46. The van der Waals surface area contributed by atoms with Crippen molar-refractivity contribution in [1.29, 1.82) is 0 Å². The van der Waals surface area contributed by atoms with Crippen LogP contribution in [0.15, 0.2) is 48.6 Å². The van der Waals surface area contributed by atoms with E-state index in [1.807, 2.05) is 0 Å². The lowest BCUT2D eigenvalue weighted by molar-refractivity contribution is -0.384. The average molecular weight is 828 g/mol. The normalized spacial score (nSPS) is 13.0. The summed E-state index contributed by atoms with van der Waals surface area (Å²) in [6.45, 7) is 8.38. The molecule has 2 unspecified atom stereocenters. The molecule has 0 saturated heterocycles. The molecule has 0 N–H and O–H groups in total. The Labute approximate surface area is 357 Å². The number of hydrogen-bond donors (Lipinski definition) is 0. The van der Waals surface area contributed by atoms with Gasteiger partial charge in [0.1, 0.15) is 12.4 Å². The zero-order chi connectivity index (χ0) is 43.2. The Morgan fingerprint density at radius 2 is 1.17 bits per heavy atom. The molecule has 0 aliphatic heterocycles. The van der Waals surface area contributed by atoms with Gasteiger partial charge in [0.2, 0.25) is 5.60 Å². The molecule has 0 spiro atoms. The fourth-order valence-electron chi connectivity index (χ4n) is 7.00. The lowest BCUT2D eigenvalue weighted by Gasteiger charge is -2.31. The number of ether oxygens (including phenoxy) is 4. The lowest BCUT2D eigenvalue weighted by atomic mass is 9.94. The largest absolute Gasteiger partial charge is 0.514 e. The number of nitrogens with zero attached hydrogens (tertiary/aromatic N) is 1. The fraction of sp³-hybridized carbons (Fsp3) is 0.735. The summed E-state index contributed by atoms with van der Waals surface area (Å²) in [5.41, 5.74) is -1.98. The molecule has 1 aromatic carbocycles. The van der Waals surface area contributed by atoms with Crippen LogP contribution in [-0.2, 0) is 23.8 Å². The molecular weight excluding hydrogens is 747 g/mol. The van der Waals surface area contributed by atoms with Gasteiger partial charge in [0.15, 0.2) is 0 Å². The van der Waals surface area contributed by atoms with E-state index in [0.717, 1.165) is 122 Å². The number of esters is 2. The van der Waals surface area contributed by atoms with Gasteiger partial charge in [-0.1, -0.05) is 161 Å². The van der Waals surface area contributed by atoms with Crippen molar-refractivity contribution in [3.8, 4) is 5.75 Å². The van der Waals surface area contributed by atoms with Crippen molar-refractivity contribution in [2.75, 3.05) is 13.2 Å². The Balaban J connectivity index is 3.02. The average Bonchev–Trinajstić information content (AvgIpc) is 3.23. The summed E-state index contributed by atoms with van der Waals surface area (Å²) < 4.78 is 23.0. The summed E-state index contributed by atoms with van der Waals surface area (Å²) in [6.07, 6.45) is 35.2. The number of rotatable bonds is 38. The molecule has 0 aliphatic carbocycles. The van der Waals surface area contributed by atoms with Crippen LogP contribution in [0, 0.1) is 16.0 Å². The maximum absolute atomic E-state index is 14.2. The monoisotopic (exact) mass is 828 g/mol. The summed E-state index contributed by atoms with van der Waals surface area (Å²) >= 11 is 0. The van der Waals surface area contributed by atoms with Crippen LogP contribution in [0.25, 0.3) is 0 Å². The van der Waals surface area contributed by atoms with Crippen LogP contribution in [0.5, 0.6) is 5.75 Å². The van der Waals surface area contributed by atoms with Gasteiger partial charge in [-0.3, -0.25) is 14.9 Å². The molecule has 0 radical (unpaired) electrons. The molecule has 10 heteroatoms. The molecule has 336 valence electrons. The SMILES string of the molecule is CCCCC/C=C\C/C=C\CCCCCCCC(=O)OC(CCCCCCCCC)(COC(=O)Oc1ccc([N+](=O)[O-])cc1)C(=O)OCC(CCCC)CCCCCC. The standard InChI is InChI=1S/C49H81NO9/c1-5-9-13-16-18-19-20-21-22-23-24-25-26-28-31-35-46(51)59-49(40-32-29-27-17-14-10-6-2,42-57-48(53)58-45-38-36-44(37-39-45)50(54)55)47(52)56-41-43(33-12-8-4)34-30-15-11-7-3/h18-19,21-22,36-39,43H,5-17,20,23-35,40-42H2,1-4H3/b19-18-,22-21-. The van der Waals surface area contributed by atoms with Crippen LogP contribution < -0.4 is 4.74 Å². The molecule has 0 aliphatic rings. The van der Waals surface area contributed by atoms with Gasteiger partial charge in [0.25, 0.3) is 5.69 Å². The number of non-ortho nitro benzene ring substituents is 1. The minimum absolute atomic E-state index is 0.0426. The molecule has 0 amide bonds. The van der Waals surface area contributed by atoms with E-state index in [4.69, 9.17) is 18.9 Å². The second-order valence-corrected chi connectivity index (χ2v) is 16.2. The molecule has 1 rings (SSSR count). The second kappa shape index (κ2) is 36.2. The zero-order valence-electron chi connectivity index (χ0n) is 37.5. The third-order valence-corrected chi connectivity index (χ3v) is 10.8. The number of allylic oxidation sites excluding steroid dienone is 4. The Kier molecular flexibility index (Phi) is 32.7. The van der Waals surface area contributed by atoms with Gasteiger partial charge in [0.05, 0.1) is 11.5 Å². The van der Waals surface area contributed by atoms with E-state index in [-0.39, 0.29) is 36.8 Å². The van der Waals surface area contributed by atoms with Crippen LogP contribution in [0.2, 0.25) is 0 Å². The first-order chi connectivity index (χ1) is 28.7. The van der Waals surface area contributed by atoms with Gasteiger partial charge in [-0.2, -0.15) is 0 Å². The maximum Gasteiger partial charge on any atom is 0.514 e. The molecule has 0 saturated carbocycles. The van der Waals surface area contributed by atoms with Gasteiger partial charge < -0.3 is 18.9 Å². The maximum atomic E-state index is 14.2. The van der Waals surface area contributed by atoms with E-state index < -0.39 is 35.2 Å². The highest BCUT2D eigenvalue weighted by molar-refractivity contribution is 5.84. The van der Waals surface area contributed by atoms with Crippen LogP contribution >= 0.6 is 0 Å². The number of benzene rings is 1. The van der Waals surface area contributed by atoms with Gasteiger partial charge in [-0.05, 0) is 75.8 Å². The predicted molar refractivity (Wildman–Crippen MR) is 239 cm³/mol. The first-order valence-corrected chi connectivity index (χ1v) is 23.5. The Morgan fingerprint density at radius 3 is 1.80 bits per heavy atom. The summed E-state index contributed by atoms with van der Waals surface area (Å²) in [5.74, 6) is -0.996. The van der Waals surface area contributed by atoms with E-state index in [0.29, 0.717) is 12.8 Å². The third-order valence-electron chi connectivity index (χ3n) is 10.8. The van der Waals surface area contributed by atoms with Crippen LogP contribution in [0.4, 0.5) is 10.5 Å². The minimum atomic E-state index is -1.83. The second-order valence-electron chi connectivity index (χ2n) is 16.2. The quantitative estimate of drug-likeness (QED) is 0.0122. The summed E-state index contributed by atoms with van der Waals surface area (Å²) in [4.78, 5) is 51.3. The summed E-state index contributed by atoms with van der Waals surface area (Å²) in [7, 11) is 0. The Hall–Kier alpha value is -3.69. The molecule has 2 atom stereocenters. The number of nitro benzene ring substituents is 1. The molecule has 10 nitrogen and oxygen atoms in total. The molecule has 0 bridgehead atoms. The van der Waals surface area contributed by atoms with Gasteiger partial charge in [-0.15, -0.1) is 0 Å². The Bertz CT molecular complexity index is 1290. The topological polar surface area (TPSA) is 131 Å². The van der Waals surface area contributed by atoms with Crippen molar-refractivity contribution in [3.63, 3.8) is 0 Å². The lowest BCUT2D eigenvalue weighted by Crippen LogP contribution is -2.49.